The summed E-state index contributed by atoms with van der Waals surface area (Å²) in [7, 11) is 0. The number of aromatic nitrogens is 1. The first-order chi connectivity index (χ1) is 14.5. The van der Waals surface area contributed by atoms with Gasteiger partial charge in [-0.15, -0.1) is 0 Å². The molecule has 2 aromatic carbocycles. The summed E-state index contributed by atoms with van der Waals surface area (Å²) in [6.07, 6.45) is 4.79. The lowest BCUT2D eigenvalue weighted by atomic mass is 9.93. The van der Waals surface area contributed by atoms with Crippen LogP contribution >= 0.6 is 11.6 Å². The van der Waals surface area contributed by atoms with Crippen molar-refractivity contribution in [3.05, 3.63) is 99.8 Å². The van der Waals surface area contributed by atoms with Gasteiger partial charge in [0.15, 0.2) is 0 Å². The lowest BCUT2D eigenvalue weighted by molar-refractivity contribution is -0.112. The molecule has 0 radical (unpaired) electrons. The van der Waals surface area contributed by atoms with E-state index < -0.39 is 11.7 Å². The molecule has 0 atom stereocenters. The Morgan fingerprint density at radius 3 is 2.63 bits per heavy atom. The summed E-state index contributed by atoms with van der Waals surface area (Å²) in [6, 6.07) is 15.1. The van der Waals surface area contributed by atoms with E-state index in [1.807, 2.05) is 0 Å². The van der Waals surface area contributed by atoms with Crippen molar-refractivity contribution in [2.45, 2.75) is 6.54 Å². The Kier molecular flexibility index (Phi) is 5.41. The first-order valence-electron chi connectivity index (χ1n) is 9.16. The van der Waals surface area contributed by atoms with Crippen LogP contribution in [0.1, 0.15) is 31.8 Å². The van der Waals surface area contributed by atoms with Crippen LogP contribution in [0.5, 0.6) is 0 Å². The third-order valence-corrected chi connectivity index (χ3v) is 4.86. The molecule has 3 aromatic rings. The molecule has 2 amide bonds. The minimum Gasteiger partial charge on any atom is -0.348 e. The molecule has 0 unspecified atom stereocenters. The van der Waals surface area contributed by atoms with Gasteiger partial charge < -0.3 is 10.6 Å². The highest BCUT2D eigenvalue weighted by Crippen LogP contribution is 2.28. The highest BCUT2D eigenvalue weighted by molar-refractivity contribution is 6.36. The van der Waals surface area contributed by atoms with Gasteiger partial charge in [0.2, 0.25) is 5.78 Å². The first-order valence-corrected chi connectivity index (χ1v) is 9.53. The van der Waals surface area contributed by atoms with E-state index in [0.29, 0.717) is 28.4 Å². The minimum atomic E-state index is -0.498. The fourth-order valence-electron chi connectivity index (χ4n) is 3.10. The van der Waals surface area contributed by atoms with Gasteiger partial charge in [-0.2, -0.15) is 0 Å². The lowest BCUT2D eigenvalue weighted by Gasteiger charge is -2.19. The van der Waals surface area contributed by atoms with Crippen molar-refractivity contribution in [3.63, 3.8) is 0 Å². The smallest absolute Gasteiger partial charge is 0.259 e. The molecule has 0 aliphatic carbocycles. The maximum absolute atomic E-state index is 13.0. The number of carbonyl (C=O) groups excluding carboxylic acids is 3. The van der Waals surface area contributed by atoms with Crippen molar-refractivity contribution in [2.75, 3.05) is 5.32 Å². The summed E-state index contributed by atoms with van der Waals surface area (Å²) in [5, 5.41) is 6.01. The number of ketones is 1. The zero-order valence-electron chi connectivity index (χ0n) is 15.7. The molecule has 30 heavy (non-hydrogen) atoms. The van der Waals surface area contributed by atoms with Crippen LogP contribution in [0.15, 0.2) is 72.6 Å². The van der Waals surface area contributed by atoms with Crippen LogP contribution in [0.25, 0.3) is 6.08 Å². The SMILES string of the molecule is O=C1Nc2ccc(C(=O)NCc3ccncc3)cc2C(=O)/C1=C/c1cccc(Cl)c1. The molecule has 0 saturated carbocycles. The van der Waals surface area contributed by atoms with Crippen molar-refractivity contribution >= 4 is 41.0 Å². The molecule has 0 fully saturated rings. The van der Waals surface area contributed by atoms with Gasteiger partial charge in [0.1, 0.15) is 0 Å². The van der Waals surface area contributed by atoms with Gasteiger partial charge in [0, 0.05) is 35.1 Å². The molecule has 1 aliphatic heterocycles. The summed E-state index contributed by atoms with van der Waals surface area (Å²) >= 11 is 5.98. The molecule has 148 valence electrons. The second-order valence-electron chi connectivity index (χ2n) is 6.69. The topological polar surface area (TPSA) is 88.2 Å². The van der Waals surface area contributed by atoms with Crippen LogP contribution in [-0.4, -0.2) is 22.6 Å². The zero-order valence-corrected chi connectivity index (χ0v) is 16.4. The number of hydrogen-bond acceptors (Lipinski definition) is 4. The molecular weight excluding hydrogens is 402 g/mol. The van der Waals surface area contributed by atoms with Crippen LogP contribution < -0.4 is 10.6 Å². The van der Waals surface area contributed by atoms with E-state index in [9.17, 15) is 14.4 Å². The van der Waals surface area contributed by atoms with E-state index >= 15 is 0 Å². The van der Waals surface area contributed by atoms with Gasteiger partial charge in [-0.3, -0.25) is 19.4 Å². The second-order valence-corrected chi connectivity index (χ2v) is 7.13. The lowest BCUT2D eigenvalue weighted by Crippen LogP contribution is -2.28. The Morgan fingerprint density at radius 2 is 1.87 bits per heavy atom. The molecule has 2 heterocycles. The van der Waals surface area contributed by atoms with Crippen molar-refractivity contribution in [1.29, 1.82) is 0 Å². The fourth-order valence-corrected chi connectivity index (χ4v) is 3.30. The Balaban J connectivity index is 1.59. The summed E-state index contributed by atoms with van der Waals surface area (Å²) in [6.45, 7) is 0.336. The number of nitrogens with one attached hydrogen (secondary N) is 2. The minimum absolute atomic E-state index is 0.0147. The first kappa shape index (κ1) is 19.5. The molecule has 0 saturated heterocycles. The van der Waals surface area contributed by atoms with E-state index in [1.54, 1.807) is 60.9 Å². The highest BCUT2D eigenvalue weighted by Gasteiger charge is 2.29. The summed E-state index contributed by atoms with van der Waals surface area (Å²) in [5.41, 5.74) is 2.49. The Morgan fingerprint density at radius 1 is 1.07 bits per heavy atom. The van der Waals surface area contributed by atoms with Crippen molar-refractivity contribution in [3.8, 4) is 0 Å². The number of rotatable bonds is 4. The molecule has 6 nitrogen and oxygen atoms in total. The molecule has 0 spiro atoms. The average molecular weight is 418 g/mol. The van der Waals surface area contributed by atoms with E-state index in [1.165, 1.54) is 12.1 Å². The van der Waals surface area contributed by atoms with Gasteiger partial charge in [0.25, 0.3) is 11.8 Å². The van der Waals surface area contributed by atoms with Crippen molar-refractivity contribution in [2.24, 2.45) is 0 Å². The van der Waals surface area contributed by atoms with Crippen LogP contribution in [0, 0.1) is 0 Å². The average Bonchev–Trinajstić information content (AvgIpc) is 2.75. The van der Waals surface area contributed by atoms with Gasteiger partial charge in [0.05, 0.1) is 11.3 Å². The highest BCUT2D eigenvalue weighted by atomic mass is 35.5. The number of halogens is 1. The fraction of sp³-hybridized carbons (Fsp3) is 0.0435. The third-order valence-electron chi connectivity index (χ3n) is 4.63. The number of anilines is 1. The monoisotopic (exact) mass is 417 g/mol. The van der Waals surface area contributed by atoms with Gasteiger partial charge >= 0.3 is 0 Å². The van der Waals surface area contributed by atoms with Crippen molar-refractivity contribution in [1.82, 2.24) is 10.3 Å². The molecule has 0 bridgehead atoms. The van der Waals surface area contributed by atoms with Crippen LogP contribution in [0.4, 0.5) is 5.69 Å². The van der Waals surface area contributed by atoms with E-state index in [0.717, 1.165) is 5.56 Å². The second kappa shape index (κ2) is 8.31. The number of nitrogens with zero attached hydrogens (tertiary/aromatic N) is 1. The zero-order chi connectivity index (χ0) is 21.1. The normalized spacial score (nSPS) is 14.2. The van der Waals surface area contributed by atoms with Gasteiger partial charge in [-0.25, -0.2) is 0 Å². The molecule has 7 heteroatoms. The molecule has 1 aliphatic rings. The number of hydrogen-bond donors (Lipinski definition) is 2. The Labute approximate surface area is 177 Å². The summed E-state index contributed by atoms with van der Waals surface area (Å²) in [5.74, 6) is -1.26. The number of benzene rings is 2. The number of carbonyl (C=O) groups is 3. The number of fused-ring (bicyclic) bond motifs is 1. The molecule has 1 aromatic heterocycles. The third kappa shape index (κ3) is 4.14. The van der Waals surface area contributed by atoms with E-state index in [-0.39, 0.29) is 17.0 Å². The van der Waals surface area contributed by atoms with E-state index in [2.05, 4.69) is 15.6 Å². The Hall–Kier alpha value is -3.77. The Bertz CT molecular complexity index is 1190. The molecule has 4 rings (SSSR count). The predicted octanol–water partition coefficient (Wildman–Crippen LogP) is 3.88. The molecule has 2 N–H and O–H groups in total. The van der Waals surface area contributed by atoms with Crippen LogP contribution in [-0.2, 0) is 11.3 Å². The summed E-state index contributed by atoms with van der Waals surface area (Å²) in [4.78, 5) is 41.9. The molecular formula is C23H16ClN3O3. The largest absolute Gasteiger partial charge is 0.348 e. The standard InChI is InChI=1S/C23H16ClN3O3/c24-17-3-1-2-15(10-17)11-19-21(28)18-12-16(4-5-20(18)27-23(19)30)22(29)26-13-14-6-8-25-9-7-14/h1-12H,13H2,(H,26,29)(H,27,30)/b19-11-. The van der Waals surface area contributed by atoms with Gasteiger partial charge in [-0.05, 0) is 59.7 Å². The quantitative estimate of drug-likeness (QED) is 0.498. The maximum atomic E-state index is 13.0. The van der Waals surface area contributed by atoms with Crippen LogP contribution in [0.2, 0.25) is 5.02 Å². The van der Waals surface area contributed by atoms with Crippen LogP contribution in [0.3, 0.4) is 0 Å². The maximum Gasteiger partial charge on any atom is 0.259 e. The van der Waals surface area contributed by atoms with Crippen molar-refractivity contribution < 1.29 is 14.4 Å². The number of pyridine rings is 1. The number of amides is 2. The number of Topliss-reactive ketones (excluding diaryl/α,β-unsaturated/α-hetero) is 1. The predicted molar refractivity (Wildman–Crippen MR) is 114 cm³/mol. The van der Waals surface area contributed by atoms with E-state index in [4.69, 9.17) is 11.6 Å². The summed E-state index contributed by atoms with van der Waals surface area (Å²) < 4.78 is 0. The van der Waals surface area contributed by atoms with Gasteiger partial charge in [-0.1, -0.05) is 23.7 Å².